The maximum absolute atomic E-state index is 11.0. The van der Waals surface area contributed by atoms with E-state index in [0.717, 1.165) is 41.2 Å². The molecule has 1 aliphatic heterocycles. The first-order valence-electron chi connectivity index (χ1n) is 10.2. The van der Waals surface area contributed by atoms with Gasteiger partial charge in [0.1, 0.15) is 12.4 Å². The molecule has 1 heterocycles. The number of hydrogen-bond acceptors (Lipinski definition) is 4. The Morgan fingerprint density at radius 2 is 1.79 bits per heavy atom. The van der Waals surface area contributed by atoms with Crippen molar-refractivity contribution >= 4 is 48.3 Å². The van der Waals surface area contributed by atoms with Crippen LogP contribution < -0.4 is 9.64 Å². The number of aliphatic imine (C=N–C) groups is 1. The number of benzene rings is 3. The van der Waals surface area contributed by atoms with Gasteiger partial charge >= 0.3 is 5.97 Å². The lowest BCUT2D eigenvalue weighted by atomic mass is 10.1. The highest BCUT2D eigenvalue weighted by molar-refractivity contribution is 6.14. The maximum Gasteiger partial charge on any atom is 0.335 e. The molecule has 0 fully saturated rings. The number of rotatable bonds is 6. The molecule has 0 amide bonds. The van der Waals surface area contributed by atoms with E-state index >= 15 is 0 Å². The van der Waals surface area contributed by atoms with Crippen molar-refractivity contribution in [2.75, 3.05) is 25.0 Å². The minimum absolute atomic E-state index is 0. The number of carbonyl (C=O) groups is 1. The Morgan fingerprint density at radius 1 is 1.03 bits per heavy atom. The molecule has 0 unspecified atom stereocenters. The van der Waals surface area contributed by atoms with Gasteiger partial charge in [0, 0.05) is 24.8 Å². The van der Waals surface area contributed by atoms with Crippen LogP contribution in [0.15, 0.2) is 83.9 Å². The van der Waals surface area contributed by atoms with E-state index in [-0.39, 0.29) is 30.4 Å². The topological polar surface area (TPSA) is 62.1 Å². The first-order chi connectivity index (χ1) is 15.1. The second-order valence-electron chi connectivity index (χ2n) is 7.40. The Hall–Kier alpha value is -3.28. The molecule has 33 heavy (non-hydrogen) atoms. The van der Waals surface area contributed by atoms with Gasteiger partial charge in [0.05, 0.1) is 17.8 Å². The summed E-state index contributed by atoms with van der Waals surface area (Å²) in [5, 5.41) is 8.99. The highest BCUT2D eigenvalue weighted by Gasteiger charge is 2.13. The summed E-state index contributed by atoms with van der Waals surface area (Å²) >= 11 is 0. The monoisotopic (exact) mass is 484 g/mol. The van der Waals surface area contributed by atoms with Gasteiger partial charge in [-0.05, 0) is 47.5 Å². The highest BCUT2D eigenvalue weighted by atomic mass is 35.5. The third-order valence-electron chi connectivity index (χ3n) is 5.21. The van der Waals surface area contributed by atoms with Crippen LogP contribution in [-0.2, 0) is 6.61 Å². The smallest absolute Gasteiger partial charge is 0.335 e. The third-order valence-corrected chi connectivity index (χ3v) is 5.21. The van der Waals surface area contributed by atoms with Crippen LogP contribution in [0.2, 0.25) is 0 Å². The van der Waals surface area contributed by atoms with Gasteiger partial charge in [-0.2, -0.15) is 0 Å². The first-order valence-corrected chi connectivity index (χ1v) is 10.2. The van der Waals surface area contributed by atoms with Crippen LogP contribution >= 0.6 is 24.8 Å². The summed E-state index contributed by atoms with van der Waals surface area (Å²) in [5.74, 6) is -0.174. The molecule has 7 heteroatoms. The summed E-state index contributed by atoms with van der Waals surface area (Å²) in [7, 11) is 2.09. The molecule has 1 N–H and O–H groups in total. The van der Waals surface area contributed by atoms with Gasteiger partial charge in [0.25, 0.3) is 0 Å². The number of anilines is 1. The van der Waals surface area contributed by atoms with E-state index in [2.05, 4.69) is 42.3 Å². The Labute approximate surface area is 206 Å². The summed E-state index contributed by atoms with van der Waals surface area (Å²) in [4.78, 5) is 18.0. The van der Waals surface area contributed by atoms with Gasteiger partial charge in [-0.25, -0.2) is 4.79 Å². The summed E-state index contributed by atoms with van der Waals surface area (Å²) in [6.07, 6.45) is 4.11. The van der Waals surface area contributed by atoms with Crippen LogP contribution in [0.3, 0.4) is 0 Å². The number of carboxylic acid groups (broad SMARTS) is 1. The van der Waals surface area contributed by atoms with Gasteiger partial charge in [-0.15, -0.1) is 24.8 Å². The van der Waals surface area contributed by atoms with E-state index in [9.17, 15) is 4.79 Å². The van der Waals surface area contributed by atoms with Crippen LogP contribution in [0, 0.1) is 0 Å². The molecule has 172 valence electrons. The molecule has 0 spiro atoms. The van der Waals surface area contributed by atoms with Crippen LogP contribution in [0.4, 0.5) is 5.69 Å². The van der Waals surface area contributed by atoms with Crippen molar-refractivity contribution in [2.24, 2.45) is 4.99 Å². The van der Waals surface area contributed by atoms with Crippen molar-refractivity contribution in [3.63, 3.8) is 0 Å². The standard InChI is InChI=1S/C26H24N2O3.2ClH/c1-28-16-15-27-24(23-7-2-3-8-25(23)28)14-11-19-5-4-6-22(17-19)31-18-20-9-12-21(13-10-20)26(29)30;;/h2-14,17H,15-16,18H2,1H3,(H,29,30);2*1H. The first kappa shape index (κ1) is 26.0. The molecular weight excluding hydrogens is 459 g/mol. The summed E-state index contributed by atoms with van der Waals surface area (Å²) in [6.45, 7) is 2.03. The molecule has 4 rings (SSSR count). The lowest BCUT2D eigenvalue weighted by Crippen LogP contribution is -2.20. The zero-order valence-electron chi connectivity index (χ0n) is 18.2. The molecule has 1 aliphatic rings. The molecule has 3 aromatic rings. The number of aromatic carboxylic acids is 1. The normalized spacial score (nSPS) is 12.6. The van der Waals surface area contributed by atoms with E-state index in [1.807, 2.05) is 30.3 Å². The number of carboxylic acids is 1. The largest absolute Gasteiger partial charge is 0.489 e. The van der Waals surface area contributed by atoms with E-state index in [1.54, 1.807) is 24.3 Å². The summed E-state index contributed by atoms with van der Waals surface area (Å²) in [6, 6.07) is 22.9. The van der Waals surface area contributed by atoms with Crippen LogP contribution in [0.25, 0.3) is 6.08 Å². The second-order valence-corrected chi connectivity index (χ2v) is 7.40. The second kappa shape index (κ2) is 12.1. The summed E-state index contributed by atoms with van der Waals surface area (Å²) in [5.41, 5.74) is 5.51. The van der Waals surface area contributed by atoms with Gasteiger partial charge in [0.15, 0.2) is 0 Å². The average Bonchev–Trinajstić information content (AvgIpc) is 2.96. The molecule has 0 radical (unpaired) electrons. The van der Waals surface area contributed by atoms with Crippen LogP contribution in [-0.4, -0.2) is 36.9 Å². The fourth-order valence-electron chi connectivity index (χ4n) is 3.49. The SMILES string of the molecule is CN1CCN=C(C=Cc2cccc(OCc3ccc(C(=O)O)cc3)c2)c2ccccc21.Cl.Cl. The highest BCUT2D eigenvalue weighted by Crippen LogP contribution is 2.23. The number of allylic oxidation sites excluding steroid dienone is 1. The predicted octanol–water partition coefficient (Wildman–Crippen LogP) is 5.76. The zero-order chi connectivity index (χ0) is 21.6. The van der Waals surface area contributed by atoms with Crippen molar-refractivity contribution in [3.8, 4) is 5.75 Å². The quantitative estimate of drug-likeness (QED) is 0.482. The molecule has 0 aromatic heterocycles. The van der Waals surface area contributed by atoms with E-state index < -0.39 is 5.97 Å². The maximum atomic E-state index is 11.0. The molecular formula is C26H26Cl2N2O3. The van der Waals surface area contributed by atoms with Crippen molar-refractivity contribution in [2.45, 2.75) is 6.61 Å². The van der Waals surface area contributed by atoms with Crippen molar-refractivity contribution in [3.05, 3.63) is 101 Å². The Bertz CT molecular complexity index is 1140. The fraction of sp³-hybridized carbons (Fsp3) is 0.154. The van der Waals surface area contributed by atoms with Gasteiger partial charge in [0.2, 0.25) is 0 Å². The molecule has 0 atom stereocenters. The number of ether oxygens (including phenoxy) is 1. The number of benzodiazepines with no additional fused rings is 1. The van der Waals surface area contributed by atoms with Gasteiger partial charge in [-0.3, -0.25) is 4.99 Å². The minimum atomic E-state index is -0.931. The van der Waals surface area contributed by atoms with Crippen LogP contribution in [0.1, 0.15) is 27.0 Å². The Balaban J connectivity index is 0.00000193. The number of halogens is 2. The van der Waals surface area contributed by atoms with E-state index in [0.29, 0.717) is 6.61 Å². The number of para-hydroxylation sites is 1. The van der Waals surface area contributed by atoms with Gasteiger partial charge in [-0.1, -0.05) is 48.5 Å². The fourth-order valence-corrected chi connectivity index (χ4v) is 3.49. The number of likely N-dealkylation sites (N-methyl/N-ethyl adjacent to an activating group) is 1. The molecule has 3 aromatic carbocycles. The van der Waals surface area contributed by atoms with Gasteiger partial charge < -0.3 is 14.7 Å². The molecule has 0 saturated heterocycles. The Morgan fingerprint density at radius 3 is 2.55 bits per heavy atom. The number of nitrogens with zero attached hydrogens (tertiary/aromatic N) is 2. The van der Waals surface area contributed by atoms with Crippen molar-refractivity contribution < 1.29 is 14.6 Å². The minimum Gasteiger partial charge on any atom is -0.489 e. The van der Waals surface area contributed by atoms with E-state index in [1.165, 1.54) is 5.69 Å². The molecule has 0 aliphatic carbocycles. The average molecular weight is 485 g/mol. The van der Waals surface area contributed by atoms with E-state index in [4.69, 9.17) is 14.8 Å². The predicted molar refractivity (Wildman–Crippen MR) is 139 cm³/mol. The third kappa shape index (κ3) is 6.60. The number of fused-ring (bicyclic) bond motifs is 1. The molecule has 0 saturated carbocycles. The van der Waals surface area contributed by atoms with Crippen molar-refractivity contribution in [1.29, 1.82) is 0 Å². The van der Waals surface area contributed by atoms with Crippen LogP contribution in [0.5, 0.6) is 5.75 Å². The molecule has 5 nitrogen and oxygen atoms in total. The Kier molecular flexibility index (Phi) is 9.52. The summed E-state index contributed by atoms with van der Waals surface area (Å²) < 4.78 is 5.90. The number of hydrogen-bond donors (Lipinski definition) is 1. The van der Waals surface area contributed by atoms with Crippen molar-refractivity contribution in [1.82, 2.24) is 0 Å². The lowest BCUT2D eigenvalue weighted by molar-refractivity contribution is 0.0697. The zero-order valence-corrected chi connectivity index (χ0v) is 19.8. The lowest BCUT2D eigenvalue weighted by Gasteiger charge is -2.18. The molecule has 0 bridgehead atoms.